The van der Waals surface area contributed by atoms with E-state index in [9.17, 15) is 0 Å². The molecule has 0 amide bonds. The first kappa shape index (κ1) is 29.4. The molecule has 2 heteroatoms. The molecule has 2 aliphatic rings. The second-order valence-corrected chi connectivity index (χ2v) is 12.5. The molecule has 0 spiro atoms. The second kappa shape index (κ2) is 13.3. The lowest BCUT2D eigenvalue weighted by atomic mass is 9.95. The molecular weight excluding hydrogens is 577 g/mol. The minimum atomic E-state index is 0.584. The zero-order chi connectivity index (χ0) is 31.3. The summed E-state index contributed by atoms with van der Waals surface area (Å²) >= 11 is 1.89. The molecule has 6 aromatic rings. The molecule has 2 aliphatic carbocycles. The fraction of sp³-hybridized carbons (Fsp3) is 0.0909. The standard InChI is InChI=1S/C27H22S.C17H12O/c1-2-4-10-20-11-6-7-13-22(20)23(12-5-3-1)21-16-18-25-24-14-8-9-15-26(24)28-27(25)19-17-21;1-3-4-8-14-12(2)18-16-11-10-13-7-5-6-9-15(13)17(14)16/h1-3,5-11,13-15,17-19H,4,12,16H2;1,5-11H,2,4H2/b2-1-,5-3-,20-10-,23-22+;14-8+. The Kier molecular flexibility index (Phi) is 8.51. The lowest BCUT2D eigenvalue weighted by Crippen LogP contribution is -2.27. The Hall–Kier alpha value is -5.36. The number of allylic oxidation sites excluding steroid dienone is 6. The summed E-state index contributed by atoms with van der Waals surface area (Å²) in [6, 6.07) is 29.9. The molecule has 1 nitrogen and oxygen atoms in total. The van der Waals surface area contributed by atoms with Gasteiger partial charge in [-0.05, 0) is 80.4 Å². The Morgan fingerprint density at radius 3 is 2.54 bits per heavy atom. The van der Waals surface area contributed by atoms with Crippen LogP contribution in [0.25, 0.3) is 68.3 Å². The first-order chi connectivity index (χ1) is 22.7. The second-order valence-electron chi connectivity index (χ2n) is 11.4. The van der Waals surface area contributed by atoms with E-state index in [0.29, 0.717) is 11.8 Å². The maximum atomic E-state index is 5.69. The molecule has 0 saturated carbocycles. The highest BCUT2D eigenvalue weighted by Crippen LogP contribution is 2.23. The van der Waals surface area contributed by atoms with E-state index in [4.69, 9.17) is 10.8 Å². The number of benzene rings is 4. The van der Waals surface area contributed by atoms with Gasteiger partial charge in [0.05, 0.1) is 0 Å². The van der Waals surface area contributed by atoms with Gasteiger partial charge in [-0.15, -0.1) is 23.7 Å². The molecule has 2 heterocycles. The van der Waals surface area contributed by atoms with Crippen molar-refractivity contribution in [3.8, 4) is 12.3 Å². The summed E-state index contributed by atoms with van der Waals surface area (Å²) in [7, 11) is 0. The molecule has 222 valence electrons. The van der Waals surface area contributed by atoms with E-state index in [2.05, 4.69) is 128 Å². The fourth-order valence-corrected chi connectivity index (χ4v) is 7.51. The predicted molar refractivity (Wildman–Crippen MR) is 200 cm³/mol. The highest BCUT2D eigenvalue weighted by Gasteiger charge is 2.09. The molecule has 2 aromatic heterocycles. The van der Waals surface area contributed by atoms with Gasteiger partial charge in [0, 0.05) is 26.3 Å². The fourth-order valence-electron chi connectivity index (χ4n) is 6.40. The summed E-state index contributed by atoms with van der Waals surface area (Å²) in [5.74, 6) is 2.62. The Bertz CT molecular complexity index is 2610. The largest absolute Gasteiger partial charge is 0.457 e. The minimum Gasteiger partial charge on any atom is -0.457 e. The zero-order valence-corrected chi connectivity index (χ0v) is 26.5. The molecule has 0 bridgehead atoms. The van der Waals surface area contributed by atoms with Crippen molar-refractivity contribution in [2.24, 2.45) is 0 Å². The smallest absolute Gasteiger partial charge is 0.136 e. The average molecular weight is 611 g/mol. The van der Waals surface area contributed by atoms with Gasteiger partial charge in [0.1, 0.15) is 11.0 Å². The van der Waals surface area contributed by atoms with E-state index < -0.39 is 0 Å². The summed E-state index contributed by atoms with van der Waals surface area (Å²) < 4.78 is 8.44. The van der Waals surface area contributed by atoms with Crippen molar-refractivity contribution in [2.45, 2.75) is 25.7 Å². The van der Waals surface area contributed by atoms with Gasteiger partial charge in [0.2, 0.25) is 0 Å². The first-order valence-corrected chi connectivity index (χ1v) is 16.5. The van der Waals surface area contributed by atoms with Crippen molar-refractivity contribution in [3.63, 3.8) is 0 Å². The van der Waals surface area contributed by atoms with Gasteiger partial charge >= 0.3 is 0 Å². The lowest BCUT2D eigenvalue weighted by molar-refractivity contribution is 0.577. The number of terminal acetylenes is 1. The van der Waals surface area contributed by atoms with Crippen LogP contribution >= 0.6 is 11.3 Å². The molecule has 0 aliphatic heterocycles. The summed E-state index contributed by atoms with van der Waals surface area (Å²) in [6.45, 7) is 3.95. The Morgan fingerprint density at radius 2 is 1.63 bits per heavy atom. The van der Waals surface area contributed by atoms with E-state index >= 15 is 0 Å². The molecule has 8 rings (SSSR count). The normalized spacial score (nSPS) is 17.8. The van der Waals surface area contributed by atoms with Gasteiger partial charge in [-0.3, -0.25) is 0 Å². The van der Waals surface area contributed by atoms with Crippen LogP contribution in [0.15, 0.2) is 125 Å². The van der Waals surface area contributed by atoms with Gasteiger partial charge in [0.25, 0.3) is 0 Å². The Labute approximate surface area is 272 Å². The molecule has 4 aromatic carbocycles. The van der Waals surface area contributed by atoms with Crippen LogP contribution in [-0.4, -0.2) is 0 Å². The summed E-state index contributed by atoms with van der Waals surface area (Å²) in [4.78, 5) is 0. The predicted octanol–water partition coefficient (Wildman–Crippen LogP) is 7.13. The third kappa shape index (κ3) is 5.86. The molecule has 0 N–H and O–H groups in total. The zero-order valence-electron chi connectivity index (χ0n) is 25.7. The number of hydrogen-bond acceptors (Lipinski definition) is 2. The van der Waals surface area contributed by atoms with Crippen LogP contribution in [0.3, 0.4) is 0 Å². The van der Waals surface area contributed by atoms with Gasteiger partial charge in [0.15, 0.2) is 0 Å². The quantitative estimate of drug-likeness (QED) is 0.190. The minimum absolute atomic E-state index is 0.584. The summed E-state index contributed by atoms with van der Waals surface area (Å²) in [6.07, 6.45) is 29.1. The monoisotopic (exact) mass is 610 g/mol. The van der Waals surface area contributed by atoms with Gasteiger partial charge < -0.3 is 4.42 Å². The summed E-state index contributed by atoms with van der Waals surface area (Å²) in [5.41, 5.74) is 4.39. The van der Waals surface area contributed by atoms with Crippen LogP contribution in [0.4, 0.5) is 0 Å². The topological polar surface area (TPSA) is 13.1 Å². The van der Waals surface area contributed by atoms with E-state index in [0.717, 1.165) is 35.5 Å². The number of rotatable bonds is 2. The molecule has 0 fully saturated rings. The lowest BCUT2D eigenvalue weighted by Gasteiger charge is -2.10. The Morgan fingerprint density at radius 1 is 0.826 bits per heavy atom. The van der Waals surface area contributed by atoms with E-state index in [1.54, 1.807) is 0 Å². The van der Waals surface area contributed by atoms with Crippen molar-refractivity contribution < 1.29 is 4.42 Å². The van der Waals surface area contributed by atoms with Crippen LogP contribution in [0, 0.1) is 12.3 Å². The molecule has 46 heavy (non-hydrogen) atoms. The van der Waals surface area contributed by atoms with Crippen molar-refractivity contribution in [2.75, 3.05) is 0 Å². The van der Waals surface area contributed by atoms with Crippen LogP contribution in [0.5, 0.6) is 0 Å². The van der Waals surface area contributed by atoms with Crippen LogP contribution in [0.1, 0.15) is 25.7 Å². The molecule has 0 saturated heterocycles. The number of furan rings is 1. The third-order valence-corrected chi connectivity index (χ3v) is 9.75. The Balaban J connectivity index is 0.000000162. The van der Waals surface area contributed by atoms with E-state index in [1.165, 1.54) is 52.2 Å². The van der Waals surface area contributed by atoms with Gasteiger partial charge in [-0.1, -0.05) is 128 Å². The number of thiophene rings is 1. The van der Waals surface area contributed by atoms with E-state index in [1.807, 2.05) is 35.6 Å². The number of hydrogen-bond donors (Lipinski definition) is 0. The van der Waals surface area contributed by atoms with E-state index in [-0.39, 0.29) is 0 Å². The molecule has 0 radical (unpaired) electrons. The number of fused-ring (bicyclic) bond motifs is 7. The maximum Gasteiger partial charge on any atom is 0.136 e. The third-order valence-electron chi connectivity index (χ3n) is 8.59. The van der Waals surface area contributed by atoms with Crippen molar-refractivity contribution in [1.29, 1.82) is 0 Å². The first-order valence-electron chi connectivity index (χ1n) is 15.7. The average Bonchev–Trinajstić information content (AvgIpc) is 3.54. The molecular formula is C44H34OS. The van der Waals surface area contributed by atoms with Gasteiger partial charge in [-0.25, -0.2) is 0 Å². The molecule has 0 unspecified atom stereocenters. The van der Waals surface area contributed by atoms with Crippen molar-refractivity contribution >= 4 is 79.6 Å². The van der Waals surface area contributed by atoms with Crippen LogP contribution < -0.4 is 30.8 Å². The van der Waals surface area contributed by atoms with Gasteiger partial charge in [-0.2, -0.15) is 0 Å². The highest BCUT2D eigenvalue weighted by molar-refractivity contribution is 7.17. The maximum absolute atomic E-state index is 5.69. The van der Waals surface area contributed by atoms with Crippen LogP contribution in [-0.2, 0) is 0 Å². The van der Waals surface area contributed by atoms with Crippen molar-refractivity contribution in [3.05, 3.63) is 152 Å². The van der Waals surface area contributed by atoms with Crippen molar-refractivity contribution in [1.82, 2.24) is 0 Å². The highest BCUT2D eigenvalue weighted by atomic mass is 32.1. The SMILES string of the molecule is C#CC/C=c1\c(=C)oc2ccc3ccccc3c12.C1=C(/C2=c3\cccc\c3=C\C/C=C\C=C/C2)CC=c2c(sc3ccccc23)=C1. The van der Waals surface area contributed by atoms with Crippen LogP contribution in [0.2, 0.25) is 0 Å². The molecule has 0 atom stereocenters. The summed E-state index contributed by atoms with van der Waals surface area (Å²) in [5, 5.41) is 9.97.